The fourth-order valence-electron chi connectivity index (χ4n) is 4.23. The summed E-state index contributed by atoms with van der Waals surface area (Å²) in [6.07, 6.45) is 1.15. The molecule has 2 aromatic rings. The Morgan fingerprint density at radius 1 is 1.30 bits per heavy atom. The molecule has 2 aliphatic rings. The van der Waals surface area contributed by atoms with Crippen LogP contribution in [-0.4, -0.2) is 41.4 Å². The molecule has 1 aromatic carbocycles. The molecule has 2 N–H and O–H groups in total. The van der Waals surface area contributed by atoms with Gasteiger partial charge in [0, 0.05) is 35.5 Å². The first-order chi connectivity index (χ1) is 14.1. The second-order valence-corrected chi connectivity index (χ2v) is 10.9. The van der Waals surface area contributed by atoms with Gasteiger partial charge in [0.1, 0.15) is 21.5 Å². The molecule has 4 rings (SSSR count). The van der Waals surface area contributed by atoms with Gasteiger partial charge in [0.15, 0.2) is 4.77 Å². The fraction of sp³-hybridized carbons (Fsp3) is 0.474. The Bertz CT molecular complexity index is 1160. The van der Waals surface area contributed by atoms with E-state index in [1.807, 2.05) is 0 Å². The highest BCUT2D eigenvalue weighted by Gasteiger charge is 2.32. The van der Waals surface area contributed by atoms with Crippen molar-refractivity contribution >= 4 is 39.6 Å². The Morgan fingerprint density at radius 2 is 2.00 bits per heavy atom. The highest BCUT2D eigenvalue weighted by Crippen LogP contribution is 2.36. The predicted octanol–water partition coefficient (Wildman–Crippen LogP) is 3.05. The first-order valence-corrected chi connectivity index (χ1v) is 12.2. The Labute approximate surface area is 182 Å². The standard InChI is InChI=1S/C19H20ClF2N3O3S2/c20-12-1-2-13(21)17(18(12)22)10-7-15-14(24-19(29)25(15)9-10)8-16(26)23-11-3-5-30(27,28)6-4-11/h1-2,10-11H,3-9H2,(H,23,26)(H,24,29)/t10-/m1/s1. The number of hydrogen-bond donors (Lipinski definition) is 2. The van der Waals surface area contributed by atoms with Crippen molar-refractivity contribution in [1.82, 2.24) is 14.9 Å². The maximum Gasteiger partial charge on any atom is 0.226 e. The number of aromatic nitrogens is 2. The number of carbonyl (C=O) groups is 1. The van der Waals surface area contributed by atoms with Crippen LogP contribution >= 0.6 is 23.8 Å². The number of amides is 1. The number of H-pyrrole nitrogens is 1. The Morgan fingerprint density at radius 3 is 2.70 bits per heavy atom. The van der Waals surface area contributed by atoms with Gasteiger partial charge >= 0.3 is 0 Å². The summed E-state index contributed by atoms with van der Waals surface area (Å²) in [5.41, 5.74) is 1.27. The molecule has 2 aliphatic heterocycles. The van der Waals surface area contributed by atoms with E-state index in [4.69, 9.17) is 23.8 Å². The van der Waals surface area contributed by atoms with E-state index in [9.17, 15) is 22.0 Å². The largest absolute Gasteiger partial charge is 0.353 e. The van der Waals surface area contributed by atoms with Crippen molar-refractivity contribution in [2.24, 2.45) is 0 Å². The summed E-state index contributed by atoms with van der Waals surface area (Å²) < 4.78 is 53.9. The van der Waals surface area contributed by atoms with E-state index in [0.29, 0.717) is 36.3 Å². The van der Waals surface area contributed by atoms with Crippen LogP contribution in [0.25, 0.3) is 0 Å². The summed E-state index contributed by atoms with van der Waals surface area (Å²) in [5, 5.41) is 2.73. The molecule has 0 radical (unpaired) electrons. The summed E-state index contributed by atoms with van der Waals surface area (Å²) in [5.74, 6) is -2.01. The second-order valence-electron chi connectivity index (χ2n) is 7.79. The minimum atomic E-state index is -3.00. The molecule has 1 fully saturated rings. The van der Waals surface area contributed by atoms with Crippen molar-refractivity contribution in [1.29, 1.82) is 0 Å². The average Bonchev–Trinajstić information content (AvgIpc) is 3.22. The van der Waals surface area contributed by atoms with Gasteiger partial charge in [-0.1, -0.05) is 11.6 Å². The van der Waals surface area contributed by atoms with Crippen LogP contribution in [0.5, 0.6) is 0 Å². The lowest BCUT2D eigenvalue weighted by Crippen LogP contribution is -2.41. The number of nitrogens with zero attached hydrogens (tertiary/aromatic N) is 1. The lowest BCUT2D eigenvalue weighted by Gasteiger charge is -2.23. The molecule has 0 bridgehead atoms. The van der Waals surface area contributed by atoms with Crippen LogP contribution in [0.2, 0.25) is 5.02 Å². The summed E-state index contributed by atoms with van der Waals surface area (Å²) in [7, 11) is -3.00. The fourth-order valence-corrected chi connectivity index (χ4v) is 6.19. The van der Waals surface area contributed by atoms with Crippen LogP contribution in [0.1, 0.15) is 35.7 Å². The van der Waals surface area contributed by atoms with Crippen LogP contribution in [-0.2, 0) is 34.0 Å². The topological polar surface area (TPSA) is 84.0 Å². The van der Waals surface area contributed by atoms with Gasteiger partial charge in [-0.2, -0.15) is 0 Å². The number of sulfone groups is 1. The van der Waals surface area contributed by atoms with Crippen molar-refractivity contribution in [3.05, 3.63) is 50.5 Å². The van der Waals surface area contributed by atoms with E-state index in [1.54, 1.807) is 4.57 Å². The van der Waals surface area contributed by atoms with E-state index in [0.717, 1.165) is 11.8 Å². The van der Waals surface area contributed by atoms with Crippen LogP contribution in [0.4, 0.5) is 8.78 Å². The van der Waals surface area contributed by atoms with Gasteiger partial charge < -0.3 is 14.9 Å². The molecule has 0 aliphatic carbocycles. The maximum atomic E-state index is 14.4. The SMILES string of the molecule is O=C(Cc1[nH]c(=S)n2c1C[C@@H](c1c(F)ccc(Cl)c1F)C2)NC1CCS(=O)(=O)CC1. The summed E-state index contributed by atoms with van der Waals surface area (Å²) in [6, 6.07) is 2.15. The van der Waals surface area contributed by atoms with Crippen LogP contribution in [0.3, 0.4) is 0 Å². The van der Waals surface area contributed by atoms with Crippen molar-refractivity contribution < 1.29 is 22.0 Å². The Hall–Kier alpha value is -1.78. The summed E-state index contributed by atoms with van der Waals surface area (Å²) in [6.45, 7) is 0.293. The minimum Gasteiger partial charge on any atom is -0.353 e. The van der Waals surface area contributed by atoms with Crippen LogP contribution in [0.15, 0.2) is 12.1 Å². The third-order valence-electron chi connectivity index (χ3n) is 5.76. The van der Waals surface area contributed by atoms with Gasteiger partial charge in [-0.15, -0.1) is 0 Å². The molecular weight excluding hydrogens is 456 g/mol. The number of aromatic amines is 1. The van der Waals surface area contributed by atoms with Crippen molar-refractivity contribution in [2.45, 2.75) is 44.2 Å². The quantitative estimate of drug-likeness (QED) is 0.526. The maximum absolute atomic E-state index is 14.4. The molecule has 162 valence electrons. The van der Waals surface area contributed by atoms with Crippen LogP contribution < -0.4 is 5.32 Å². The lowest BCUT2D eigenvalue weighted by atomic mass is 9.95. The molecule has 1 aromatic heterocycles. The molecule has 3 heterocycles. The normalized spacial score (nSPS) is 20.8. The number of fused-ring (bicyclic) bond motifs is 1. The monoisotopic (exact) mass is 475 g/mol. The number of nitrogens with one attached hydrogen (secondary N) is 2. The second kappa shape index (κ2) is 8.05. The van der Waals surface area contributed by atoms with Gasteiger partial charge in [-0.05, 0) is 43.6 Å². The number of imidazole rings is 1. The van der Waals surface area contributed by atoms with Crippen molar-refractivity contribution in [3.8, 4) is 0 Å². The third kappa shape index (κ3) is 4.17. The molecule has 0 saturated carbocycles. The van der Waals surface area contributed by atoms with E-state index < -0.39 is 27.4 Å². The van der Waals surface area contributed by atoms with Gasteiger partial charge in [0.25, 0.3) is 0 Å². The first kappa shape index (κ1) is 21.5. The highest BCUT2D eigenvalue weighted by molar-refractivity contribution is 7.91. The minimum absolute atomic E-state index is 0.0302. The molecule has 11 heteroatoms. The molecule has 6 nitrogen and oxygen atoms in total. The number of halogens is 3. The lowest BCUT2D eigenvalue weighted by molar-refractivity contribution is -0.121. The van der Waals surface area contributed by atoms with E-state index in [1.165, 1.54) is 6.07 Å². The van der Waals surface area contributed by atoms with Gasteiger partial charge in [-0.25, -0.2) is 17.2 Å². The first-order valence-electron chi connectivity index (χ1n) is 9.58. The molecule has 30 heavy (non-hydrogen) atoms. The van der Waals surface area contributed by atoms with E-state index >= 15 is 0 Å². The zero-order valence-electron chi connectivity index (χ0n) is 15.9. The molecule has 1 amide bonds. The molecule has 0 spiro atoms. The van der Waals surface area contributed by atoms with E-state index in [-0.39, 0.29) is 40.5 Å². The smallest absolute Gasteiger partial charge is 0.226 e. The molecule has 1 atom stereocenters. The Kier molecular flexibility index (Phi) is 5.75. The van der Waals surface area contributed by atoms with Gasteiger partial charge in [-0.3, -0.25) is 4.79 Å². The number of hydrogen-bond acceptors (Lipinski definition) is 4. The number of carbonyl (C=O) groups excluding carboxylic acids is 1. The third-order valence-corrected chi connectivity index (χ3v) is 8.09. The Balaban J connectivity index is 1.48. The summed E-state index contributed by atoms with van der Waals surface area (Å²) in [4.78, 5) is 15.5. The summed E-state index contributed by atoms with van der Waals surface area (Å²) >= 11 is 11.2. The molecular formula is C19H20ClF2N3O3S2. The molecule has 0 unspecified atom stereocenters. The van der Waals surface area contributed by atoms with Gasteiger partial charge in [0.05, 0.1) is 22.9 Å². The number of rotatable bonds is 4. The van der Waals surface area contributed by atoms with Crippen molar-refractivity contribution in [2.75, 3.05) is 11.5 Å². The zero-order valence-corrected chi connectivity index (χ0v) is 18.3. The molecule has 1 saturated heterocycles. The van der Waals surface area contributed by atoms with E-state index in [2.05, 4.69) is 10.3 Å². The van der Waals surface area contributed by atoms with Gasteiger partial charge in [0.2, 0.25) is 5.91 Å². The number of benzene rings is 1. The highest BCUT2D eigenvalue weighted by atomic mass is 35.5. The predicted molar refractivity (Wildman–Crippen MR) is 111 cm³/mol. The average molecular weight is 476 g/mol. The van der Waals surface area contributed by atoms with Crippen molar-refractivity contribution in [3.63, 3.8) is 0 Å². The van der Waals surface area contributed by atoms with Crippen LogP contribution in [0, 0.1) is 16.4 Å². The zero-order chi connectivity index (χ0) is 21.6.